The van der Waals surface area contributed by atoms with E-state index in [9.17, 15) is 0 Å². The number of hydrogen-bond donors (Lipinski definition) is 0. The lowest BCUT2D eigenvalue weighted by Gasteiger charge is -2.34. The summed E-state index contributed by atoms with van der Waals surface area (Å²) in [5.74, 6) is 0. The van der Waals surface area contributed by atoms with E-state index in [4.69, 9.17) is 0 Å². The van der Waals surface area contributed by atoms with Crippen LogP contribution in [0.2, 0.25) is 0 Å². The van der Waals surface area contributed by atoms with Crippen molar-refractivity contribution in [2.24, 2.45) is 0 Å². The summed E-state index contributed by atoms with van der Waals surface area (Å²) in [4.78, 5) is 5.19. The van der Waals surface area contributed by atoms with Crippen LogP contribution in [0.4, 0.5) is 34.1 Å². The Morgan fingerprint density at radius 3 is 1.06 bits per heavy atom. The van der Waals surface area contributed by atoms with Gasteiger partial charge in [0, 0.05) is 60.6 Å². The van der Waals surface area contributed by atoms with Crippen LogP contribution >= 0.6 is 0 Å². The lowest BCUT2D eigenvalue weighted by Crippen LogP contribution is -2.28. The molecule has 0 heterocycles. The fraction of sp³-hybridized carbons (Fsp3) is 0.111. The van der Waals surface area contributed by atoms with Gasteiger partial charge >= 0.3 is 0 Å². The van der Waals surface area contributed by atoms with E-state index in [2.05, 4.69) is 526 Å². The van der Waals surface area contributed by atoms with E-state index in [1.54, 1.807) is 0 Å². The summed E-state index contributed by atoms with van der Waals surface area (Å²) in [5, 5.41) is 0. The van der Waals surface area contributed by atoms with Gasteiger partial charge in [0.15, 0.2) is 0 Å². The molecule has 2 unspecified atom stereocenters. The van der Waals surface area contributed by atoms with Gasteiger partial charge in [-0.05, 0) is 258 Å². The summed E-state index contributed by atoms with van der Waals surface area (Å²) < 4.78 is 0. The molecule has 0 fully saturated rings. The molecule has 2 nitrogen and oxygen atoms in total. The molecular weight excluding hydrogens is 1650 g/mol. The molecule has 0 spiro atoms. The van der Waals surface area contributed by atoms with Crippen molar-refractivity contribution in [1.29, 1.82) is 0 Å². The van der Waals surface area contributed by atoms with Gasteiger partial charge in [0.2, 0.25) is 0 Å². The highest BCUT2D eigenvalue weighted by atomic mass is 15.2. The van der Waals surface area contributed by atoms with E-state index in [1.807, 2.05) is 0 Å². The summed E-state index contributed by atoms with van der Waals surface area (Å²) >= 11 is 0. The van der Waals surface area contributed by atoms with Crippen molar-refractivity contribution in [3.05, 3.63) is 550 Å². The molecule has 652 valence electrons. The molecule has 2 heteroatoms. The number of rotatable bonds is 16. The number of anilines is 6. The molecule has 0 radical (unpaired) electrons. The zero-order valence-corrected chi connectivity index (χ0v) is 78.5. The predicted molar refractivity (Wildman–Crippen MR) is 572 cm³/mol. The van der Waals surface area contributed by atoms with Crippen LogP contribution < -0.4 is 9.80 Å². The third kappa shape index (κ3) is 11.9. The molecule has 0 aromatic heterocycles. The lowest BCUT2D eigenvalue weighted by molar-refractivity contribution is 0.582. The normalized spacial score (nSPS) is 16.4. The van der Waals surface area contributed by atoms with Gasteiger partial charge in [-0.3, -0.25) is 0 Å². The van der Waals surface area contributed by atoms with Crippen molar-refractivity contribution in [2.75, 3.05) is 9.80 Å². The third-order valence-corrected chi connectivity index (χ3v) is 32.6. The molecule has 0 N–H and O–H groups in total. The smallest absolute Gasteiger partial charge is 0.0713 e. The Morgan fingerprint density at radius 1 is 0.175 bits per heavy atom. The first-order valence-corrected chi connectivity index (χ1v) is 48.7. The maximum atomic E-state index is 2.61. The maximum Gasteiger partial charge on any atom is 0.0713 e. The number of benzene rings is 20. The van der Waals surface area contributed by atoms with Crippen LogP contribution in [-0.2, 0) is 38.9 Å². The Morgan fingerprint density at radius 2 is 0.504 bits per heavy atom. The molecule has 137 heavy (non-hydrogen) atoms. The van der Waals surface area contributed by atoms with Crippen LogP contribution in [0.5, 0.6) is 0 Å². The quantitative estimate of drug-likeness (QED) is 0.0951. The Labute approximate surface area is 804 Å². The van der Waals surface area contributed by atoms with Crippen molar-refractivity contribution < 1.29 is 0 Å². The van der Waals surface area contributed by atoms with Crippen LogP contribution in [0.15, 0.2) is 461 Å². The second kappa shape index (κ2) is 30.8. The second-order valence-corrected chi connectivity index (χ2v) is 40.7. The van der Waals surface area contributed by atoms with Crippen LogP contribution in [0.25, 0.3) is 122 Å². The largest absolute Gasteiger partial charge is 0.309 e. The molecule has 0 amide bonds. The van der Waals surface area contributed by atoms with Crippen molar-refractivity contribution in [3.8, 4) is 122 Å². The van der Waals surface area contributed by atoms with Crippen LogP contribution in [0.3, 0.4) is 0 Å². The van der Waals surface area contributed by atoms with Gasteiger partial charge in [-0.15, -0.1) is 0 Å². The van der Waals surface area contributed by atoms with E-state index >= 15 is 0 Å². The van der Waals surface area contributed by atoms with Crippen LogP contribution in [-0.4, -0.2) is 0 Å². The van der Waals surface area contributed by atoms with E-state index in [0.717, 1.165) is 68.4 Å². The first kappa shape index (κ1) is 81.7. The Hall–Kier alpha value is -16.0. The molecule has 0 saturated heterocycles. The minimum atomic E-state index is -0.592. The summed E-state index contributed by atoms with van der Waals surface area (Å²) in [5.41, 5.74) is 52.7. The zero-order chi connectivity index (χ0) is 92.0. The predicted octanol–water partition coefficient (Wildman–Crippen LogP) is 35.1. The van der Waals surface area contributed by atoms with Gasteiger partial charge in [-0.1, -0.05) is 449 Å². The molecule has 0 saturated carbocycles. The molecule has 20 aromatic rings. The molecule has 0 aliphatic heterocycles. The summed E-state index contributed by atoms with van der Waals surface area (Å²) in [6, 6.07) is 176. The van der Waals surface area contributed by atoms with E-state index < -0.39 is 16.2 Å². The van der Waals surface area contributed by atoms with Gasteiger partial charge < -0.3 is 9.80 Å². The van der Waals surface area contributed by atoms with Gasteiger partial charge in [-0.2, -0.15) is 0 Å². The first-order chi connectivity index (χ1) is 67.0. The molecule has 6 aliphatic rings. The average molecular weight is 1750 g/mol. The first-order valence-electron chi connectivity index (χ1n) is 48.7. The van der Waals surface area contributed by atoms with Crippen molar-refractivity contribution >= 4 is 34.1 Å². The molecule has 2 atom stereocenters. The van der Waals surface area contributed by atoms with E-state index in [0.29, 0.717) is 0 Å². The summed E-state index contributed by atoms with van der Waals surface area (Å²) in [7, 11) is 0. The molecule has 26 rings (SSSR count). The van der Waals surface area contributed by atoms with Crippen molar-refractivity contribution in [1.82, 2.24) is 0 Å². The fourth-order valence-corrected chi connectivity index (χ4v) is 26.0. The fourth-order valence-electron chi connectivity index (χ4n) is 26.0. The Kier molecular flexibility index (Phi) is 18.4. The van der Waals surface area contributed by atoms with Gasteiger partial charge in [0.25, 0.3) is 0 Å². The zero-order valence-electron chi connectivity index (χ0n) is 78.5. The standard InChI is InChI=1S/C135H102N2/c1-130(2)112-57-27-16-49-100(112)110-81-87(73-80-114(110)130)94-43-22-33-65-124(94)137(125-66-34-23-45-96(125)89-72-78-103-99-48-18-31-61-117(99)135(122(103)83-89,91-39-11-9-12-40-91)92-41-13-10-14-42-92)127-68-36-25-51-105(127)107-55-38-63-119-129(107)109-53-20-29-59-115(109)133(119,7)85-86-69-74-90(75-70-86)134(8)116-60-30-17-47-98(116)102-77-71-88(82-121(102)134)95-44-21-32-64-123(95)136(93-76-79-101-97-46-15-26-56-111(97)132(5,6)120(101)84-93)126-67-35-24-50-104(126)106-54-37-62-118-128(106)108-52-19-28-58-113(108)131(118,3)4/h9-84H,85H2,1-8H3. The number of fused-ring (bicyclic) bond motifs is 18. The Bertz CT molecular complexity index is 8340. The van der Waals surface area contributed by atoms with E-state index in [-0.39, 0.29) is 16.2 Å². The molecular formula is C135H102N2. The number of para-hydroxylation sites is 5. The Balaban J connectivity index is 0.591. The van der Waals surface area contributed by atoms with Gasteiger partial charge in [0.05, 0.1) is 33.9 Å². The monoisotopic (exact) mass is 1750 g/mol. The van der Waals surface area contributed by atoms with Gasteiger partial charge in [0.1, 0.15) is 0 Å². The SMILES string of the molecule is CC1(C)c2ccccc2-c2cc(-c3ccccc3N(c3ccccc3-c3ccc4c(c3)C(c3ccccc3)(c3ccccc3)c3ccccc3-4)c3ccccc3-c3cccc4c3-c3ccccc3C4(C)Cc3ccc(C4(C)c5ccccc5-c5ccc(-c6ccccc6N(c6ccc7c(c6)C(C)(C)c6ccccc6-7)c6ccccc6-c6cccc7c6-c6ccccc6C7(C)C)cc54)cc3)ccc21. The maximum absolute atomic E-state index is 2.61. The second-order valence-electron chi connectivity index (χ2n) is 40.7. The topological polar surface area (TPSA) is 6.48 Å². The molecule has 0 bridgehead atoms. The average Bonchev–Trinajstić information content (AvgIpc) is 1.53. The highest BCUT2D eigenvalue weighted by Crippen LogP contribution is 2.64. The van der Waals surface area contributed by atoms with Crippen LogP contribution in [0.1, 0.15) is 144 Å². The molecule has 6 aliphatic carbocycles. The highest BCUT2D eigenvalue weighted by molar-refractivity contribution is 6.05. The number of hydrogen-bond acceptors (Lipinski definition) is 2. The summed E-state index contributed by atoms with van der Waals surface area (Å²) in [6.45, 7) is 19.3. The van der Waals surface area contributed by atoms with Crippen LogP contribution in [0, 0.1) is 0 Å². The lowest BCUT2D eigenvalue weighted by atomic mass is 9.67. The summed E-state index contributed by atoms with van der Waals surface area (Å²) in [6.07, 6.45) is 0.788. The van der Waals surface area contributed by atoms with Crippen molar-refractivity contribution in [2.45, 2.75) is 94.3 Å². The van der Waals surface area contributed by atoms with E-state index in [1.165, 1.54) is 184 Å². The highest BCUT2D eigenvalue weighted by Gasteiger charge is 2.49. The third-order valence-electron chi connectivity index (χ3n) is 32.6. The minimum absolute atomic E-state index is 0.147. The number of nitrogens with zero attached hydrogens (tertiary/aromatic N) is 2. The molecule has 20 aromatic carbocycles. The van der Waals surface area contributed by atoms with Gasteiger partial charge in [-0.25, -0.2) is 0 Å². The van der Waals surface area contributed by atoms with Crippen molar-refractivity contribution in [3.63, 3.8) is 0 Å². The minimum Gasteiger partial charge on any atom is -0.309 e.